The fourth-order valence-corrected chi connectivity index (χ4v) is 3.63. The number of imide groups is 1. The van der Waals surface area contributed by atoms with Crippen molar-refractivity contribution in [2.24, 2.45) is 0 Å². The lowest BCUT2D eigenvalue weighted by Crippen LogP contribution is -2.30. The molecule has 2 aromatic carbocycles. The van der Waals surface area contributed by atoms with Gasteiger partial charge < -0.3 is 19.5 Å². The molecule has 168 valence electrons. The fraction of sp³-hybridized carbons (Fsp3) is 0.261. The molecule has 8 nitrogen and oxygen atoms in total. The minimum atomic E-state index is -0.495. The largest absolute Gasteiger partial charge is 0.490 e. The van der Waals surface area contributed by atoms with Crippen molar-refractivity contribution in [3.63, 3.8) is 0 Å². The average Bonchev–Trinajstić information content (AvgIpc) is 3.01. The number of nitrogens with one attached hydrogen (secondary N) is 1. The van der Waals surface area contributed by atoms with Crippen molar-refractivity contribution in [2.75, 3.05) is 19.8 Å². The van der Waals surface area contributed by atoms with Gasteiger partial charge in [0.25, 0.3) is 5.91 Å². The summed E-state index contributed by atoms with van der Waals surface area (Å²) in [6.07, 6.45) is 1.56. The lowest BCUT2D eigenvalue weighted by Gasteiger charge is -2.14. The molecular formula is C23H23BrN2O6. The molecule has 1 N–H and O–H groups in total. The second-order valence-corrected chi connectivity index (χ2v) is 7.58. The van der Waals surface area contributed by atoms with Gasteiger partial charge in [-0.3, -0.25) is 9.69 Å². The summed E-state index contributed by atoms with van der Waals surface area (Å²) in [6, 6.07) is 12.2. The van der Waals surface area contributed by atoms with Crippen LogP contribution >= 0.6 is 15.9 Å². The van der Waals surface area contributed by atoms with E-state index in [1.165, 1.54) is 0 Å². The predicted octanol–water partition coefficient (Wildman–Crippen LogP) is 3.88. The summed E-state index contributed by atoms with van der Waals surface area (Å²) in [7, 11) is 0. The Morgan fingerprint density at radius 2 is 1.84 bits per heavy atom. The number of benzene rings is 2. The van der Waals surface area contributed by atoms with Crippen molar-refractivity contribution < 1.29 is 28.6 Å². The van der Waals surface area contributed by atoms with E-state index in [1.807, 2.05) is 37.3 Å². The zero-order chi connectivity index (χ0) is 23.1. The van der Waals surface area contributed by atoms with Crippen molar-refractivity contribution in [1.29, 1.82) is 0 Å². The number of rotatable bonds is 9. The number of esters is 1. The molecule has 32 heavy (non-hydrogen) atoms. The molecule has 9 heteroatoms. The Morgan fingerprint density at radius 1 is 1.09 bits per heavy atom. The second-order valence-electron chi connectivity index (χ2n) is 6.72. The summed E-state index contributed by atoms with van der Waals surface area (Å²) >= 11 is 3.42. The quantitative estimate of drug-likeness (QED) is 0.317. The van der Waals surface area contributed by atoms with E-state index in [-0.39, 0.29) is 25.5 Å². The van der Waals surface area contributed by atoms with Gasteiger partial charge >= 0.3 is 12.0 Å². The highest BCUT2D eigenvalue weighted by atomic mass is 79.9. The van der Waals surface area contributed by atoms with E-state index in [1.54, 1.807) is 25.1 Å². The summed E-state index contributed by atoms with van der Waals surface area (Å²) in [5.74, 6) is -0.188. The number of ether oxygens (including phenoxy) is 3. The van der Waals surface area contributed by atoms with E-state index in [0.717, 1.165) is 10.5 Å². The molecule has 0 atom stereocenters. The van der Waals surface area contributed by atoms with Gasteiger partial charge in [-0.15, -0.1) is 0 Å². The molecule has 0 spiro atoms. The lowest BCUT2D eigenvalue weighted by atomic mass is 10.1. The topological polar surface area (TPSA) is 94.2 Å². The molecule has 1 aliphatic rings. The van der Waals surface area contributed by atoms with Crippen LogP contribution in [-0.2, 0) is 20.9 Å². The maximum Gasteiger partial charge on any atom is 0.344 e. The fourth-order valence-electron chi connectivity index (χ4n) is 3.06. The molecule has 1 aliphatic heterocycles. The minimum Gasteiger partial charge on any atom is -0.490 e. The van der Waals surface area contributed by atoms with Crippen LogP contribution in [0.25, 0.3) is 6.08 Å². The maximum atomic E-state index is 12.8. The molecule has 1 fully saturated rings. The number of nitrogens with zero attached hydrogens (tertiary/aromatic N) is 1. The monoisotopic (exact) mass is 502 g/mol. The first-order valence-corrected chi connectivity index (χ1v) is 10.9. The normalized spacial score (nSPS) is 14.5. The third-order valence-corrected chi connectivity index (χ3v) is 5.02. The van der Waals surface area contributed by atoms with E-state index in [4.69, 9.17) is 14.2 Å². The number of halogens is 1. The summed E-state index contributed by atoms with van der Waals surface area (Å²) in [5, 5.41) is 2.61. The van der Waals surface area contributed by atoms with Crippen molar-refractivity contribution in [2.45, 2.75) is 20.4 Å². The van der Waals surface area contributed by atoms with Crippen LogP contribution in [0.15, 0.2) is 52.6 Å². The third-order valence-electron chi connectivity index (χ3n) is 4.43. The number of amides is 3. The molecule has 3 rings (SSSR count). The van der Waals surface area contributed by atoms with Gasteiger partial charge in [0.15, 0.2) is 18.1 Å². The van der Waals surface area contributed by atoms with E-state index >= 15 is 0 Å². The van der Waals surface area contributed by atoms with Crippen molar-refractivity contribution in [3.8, 4) is 11.5 Å². The Labute approximate surface area is 194 Å². The maximum absolute atomic E-state index is 12.8. The number of carbonyl (C=O) groups excluding carboxylic acids is 3. The van der Waals surface area contributed by atoms with Gasteiger partial charge in [0.05, 0.1) is 24.2 Å². The number of carbonyl (C=O) groups is 3. The number of hydrogen-bond donors (Lipinski definition) is 1. The van der Waals surface area contributed by atoms with E-state index < -0.39 is 17.9 Å². The third kappa shape index (κ3) is 5.67. The summed E-state index contributed by atoms with van der Waals surface area (Å²) in [5.41, 5.74) is 1.61. The second kappa shape index (κ2) is 10.8. The molecule has 1 heterocycles. The first-order valence-electron chi connectivity index (χ1n) is 10.1. The molecule has 0 radical (unpaired) electrons. The van der Waals surface area contributed by atoms with Crippen molar-refractivity contribution in [3.05, 3.63) is 63.8 Å². The van der Waals surface area contributed by atoms with Crippen LogP contribution in [-0.4, -0.2) is 42.6 Å². The SMILES string of the molecule is CCOC(=O)COc1c(Br)cc(/C=C2/NC(=O)N(Cc3ccccc3)C2=O)cc1OCC. The van der Waals surface area contributed by atoms with Crippen LogP contribution in [0, 0.1) is 0 Å². The van der Waals surface area contributed by atoms with E-state index in [2.05, 4.69) is 21.2 Å². The summed E-state index contributed by atoms with van der Waals surface area (Å²) < 4.78 is 16.6. The molecule has 2 aromatic rings. The molecule has 0 unspecified atom stereocenters. The van der Waals surface area contributed by atoms with Gasteiger partial charge in [0, 0.05) is 0 Å². The van der Waals surface area contributed by atoms with Crippen molar-refractivity contribution >= 4 is 39.9 Å². The van der Waals surface area contributed by atoms with Crippen LogP contribution in [0.2, 0.25) is 0 Å². The Bertz CT molecular complexity index is 1040. The predicted molar refractivity (Wildman–Crippen MR) is 121 cm³/mol. The highest BCUT2D eigenvalue weighted by Crippen LogP contribution is 2.37. The molecule has 0 aromatic heterocycles. The van der Waals surface area contributed by atoms with Crippen LogP contribution < -0.4 is 14.8 Å². The smallest absolute Gasteiger partial charge is 0.344 e. The lowest BCUT2D eigenvalue weighted by molar-refractivity contribution is -0.145. The summed E-state index contributed by atoms with van der Waals surface area (Å²) in [6.45, 7) is 4.06. The van der Waals surface area contributed by atoms with Gasteiger partial charge in [0.2, 0.25) is 0 Å². The number of urea groups is 1. The molecule has 1 saturated heterocycles. The molecule has 0 aliphatic carbocycles. The minimum absolute atomic E-state index is 0.153. The molecule has 3 amide bonds. The first-order chi connectivity index (χ1) is 15.4. The van der Waals surface area contributed by atoms with E-state index in [0.29, 0.717) is 28.1 Å². The van der Waals surface area contributed by atoms with Gasteiger partial charge in [-0.25, -0.2) is 9.59 Å². The highest BCUT2D eigenvalue weighted by molar-refractivity contribution is 9.10. The first kappa shape index (κ1) is 23.3. The van der Waals surface area contributed by atoms with Gasteiger partial charge in [-0.1, -0.05) is 30.3 Å². The van der Waals surface area contributed by atoms with Crippen molar-refractivity contribution in [1.82, 2.24) is 10.2 Å². The molecular weight excluding hydrogens is 480 g/mol. The zero-order valence-electron chi connectivity index (χ0n) is 17.7. The zero-order valence-corrected chi connectivity index (χ0v) is 19.3. The van der Waals surface area contributed by atoms with Gasteiger partial charge in [-0.05, 0) is 59.1 Å². The van der Waals surface area contributed by atoms with Gasteiger partial charge in [-0.2, -0.15) is 0 Å². The summed E-state index contributed by atoms with van der Waals surface area (Å²) in [4.78, 5) is 37.9. The Balaban J connectivity index is 1.82. The number of hydrogen-bond acceptors (Lipinski definition) is 6. The van der Waals surface area contributed by atoms with Crippen LogP contribution in [0.5, 0.6) is 11.5 Å². The van der Waals surface area contributed by atoms with E-state index in [9.17, 15) is 14.4 Å². The standard InChI is InChI=1S/C23H23BrN2O6/c1-3-30-19-12-16(10-17(24)21(19)32-14-20(27)31-4-2)11-18-22(28)26(23(29)25-18)13-15-8-6-5-7-9-15/h5-12H,3-4,13-14H2,1-2H3,(H,25,29)/b18-11+. The Hall–Kier alpha value is -3.33. The van der Waals surface area contributed by atoms with Crippen LogP contribution in [0.3, 0.4) is 0 Å². The molecule has 0 bridgehead atoms. The molecule has 0 saturated carbocycles. The highest BCUT2D eigenvalue weighted by Gasteiger charge is 2.33. The van der Waals surface area contributed by atoms with Gasteiger partial charge in [0.1, 0.15) is 5.70 Å². The Morgan fingerprint density at radius 3 is 2.53 bits per heavy atom. The average molecular weight is 503 g/mol. The van der Waals surface area contributed by atoms with Crippen LogP contribution in [0.4, 0.5) is 4.79 Å². The Kier molecular flexibility index (Phi) is 7.88. The van der Waals surface area contributed by atoms with Crippen LogP contribution in [0.1, 0.15) is 25.0 Å².